The fourth-order valence-electron chi connectivity index (χ4n) is 2.05. The minimum atomic E-state index is 0.555. The fourth-order valence-corrected chi connectivity index (χ4v) is 2.05. The number of fused-ring (bicyclic) bond motifs is 1. The molecule has 0 saturated heterocycles. The summed E-state index contributed by atoms with van der Waals surface area (Å²) in [4.78, 5) is 0. The predicted octanol–water partition coefficient (Wildman–Crippen LogP) is 1.63. The molecular formula is C14H16N6O. The van der Waals surface area contributed by atoms with Crippen molar-refractivity contribution in [3.05, 3.63) is 41.5 Å². The number of aromatic nitrogens is 5. The van der Waals surface area contributed by atoms with E-state index in [0.717, 1.165) is 11.3 Å². The second kappa shape index (κ2) is 5.74. The third kappa shape index (κ3) is 3.07. The zero-order chi connectivity index (χ0) is 14.7. The van der Waals surface area contributed by atoms with Crippen LogP contribution in [0.3, 0.4) is 0 Å². The summed E-state index contributed by atoms with van der Waals surface area (Å²) in [6, 6.07) is 9.79. The van der Waals surface area contributed by atoms with Crippen molar-refractivity contribution in [1.82, 2.24) is 25.3 Å². The van der Waals surface area contributed by atoms with Gasteiger partial charge in [0, 0.05) is 0 Å². The first-order chi connectivity index (χ1) is 10.2. The van der Waals surface area contributed by atoms with E-state index >= 15 is 0 Å². The number of nitrogens with one attached hydrogen (secondary N) is 1. The van der Waals surface area contributed by atoms with Crippen LogP contribution >= 0.6 is 0 Å². The number of hydrogen-bond donors (Lipinski definition) is 1. The van der Waals surface area contributed by atoms with Crippen molar-refractivity contribution in [2.75, 3.05) is 18.5 Å². The first-order valence-corrected chi connectivity index (χ1v) is 6.72. The number of aryl methyl sites for hydroxylation is 2. The summed E-state index contributed by atoms with van der Waals surface area (Å²) in [7, 11) is 0. The first-order valence-electron chi connectivity index (χ1n) is 6.72. The topological polar surface area (TPSA) is 77.2 Å². The van der Waals surface area contributed by atoms with Crippen molar-refractivity contribution in [3.63, 3.8) is 0 Å². The van der Waals surface area contributed by atoms with Crippen molar-refractivity contribution >= 4 is 11.5 Å². The average molecular weight is 284 g/mol. The second-order valence-electron chi connectivity index (χ2n) is 4.79. The van der Waals surface area contributed by atoms with E-state index in [4.69, 9.17) is 4.74 Å². The maximum Gasteiger partial charge on any atom is 0.200 e. The molecule has 0 fully saturated rings. The lowest BCUT2D eigenvalue weighted by molar-refractivity contribution is 0.330. The summed E-state index contributed by atoms with van der Waals surface area (Å²) in [6.45, 7) is 5.31. The molecular weight excluding hydrogens is 268 g/mol. The van der Waals surface area contributed by atoms with Crippen LogP contribution in [0.4, 0.5) is 5.82 Å². The fraction of sp³-hybridized carbons (Fsp3) is 0.286. The lowest BCUT2D eigenvalue weighted by Gasteiger charge is -2.10. The van der Waals surface area contributed by atoms with Crippen LogP contribution in [0.2, 0.25) is 0 Å². The summed E-state index contributed by atoms with van der Waals surface area (Å²) in [5.41, 5.74) is 2.99. The van der Waals surface area contributed by atoms with E-state index in [1.165, 1.54) is 10.2 Å². The number of anilines is 1. The van der Waals surface area contributed by atoms with E-state index in [1.54, 1.807) is 6.07 Å². The SMILES string of the molecule is Cc1ccc(OCCNc2ccc3nnnn3n2)c(C)c1. The van der Waals surface area contributed by atoms with Gasteiger partial charge < -0.3 is 10.1 Å². The highest BCUT2D eigenvalue weighted by molar-refractivity contribution is 5.42. The third-order valence-electron chi connectivity index (χ3n) is 3.07. The number of benzene rings is 1. The third-order valence-corrected chi connectivity index (χ3v) is 3.07. The van der Waals surface area contributed by atoms with Gasteiger partial charge in [0.15, 0.2) is 5.65 Å². The summed E-state index contributed by atoms with van der Waals surface area (Å²) in [6.07, 6.45) is 0. The Morgan fingerprint density at radius 1 is 1.19 bits per heavy atom. The number of nitrogens with zero attached hydrogens (tertiary/aromatic N) is 5. The van der Waals surface area contributed by atoms with Crippen LogP contribution in [0.5, 0.6) is 5.75 Å². The smallest absolute Gasteiger partial charge is 0.200 e. The Morgan fingerprint density at radius 3 is 2.95 bits per heavy atom. The van der Waals surface area contributed by atoms with E-state index in [2.05, 4.69) is 38.9 Å². The number of tetrazole rings is 1. The molecule has 1 N–H and O–H groups in total. The lowest BCUT2D eigenvalue weighted by Crippen LogP contribution is -2.13. The van der Waals surface area contributed by atoms with E-state index < -0.39 is 0 Å². The first kappa shape index (κ1) is 13.3. The van der Waals surface area contributed by atoms with Gasteiger partial charge in [-0.1, -0.05) is 17.7 Å². The highest BCUT2D eigenvalue weighted by atomic mass is 16.5. The molecule has 2 aromatic heterocycles. The van der Waals surface area contributed by atoms with Gasteiger partial charge in [0.2, 0.25) is 0 Å². The van der Waals surface area contributed by atoms with Gasteiger partial charge >= 0.3 is 0 Å². The molecule has 0 unspecified atom stereocenters. The minimum absolute atomic E-state index is 0.555. The minimum Gasteiger partial charge on any atom is -0.491 e. The van der Waals surface area contributed by atoms with Crippen LogP contribution < -0.4 is 10.1 Å². The number of hydrogen-bond acceptors (Lipinski definition) is 6. The van der Waals surface area contributed by atoms with Crippen LogP contribution in [0.15, 0.2) is 30.3 Å². The second-order valence-corrected chi connectivity index (χ2v) is 4.79. The molecule has 0 aliphatic carbocycles. The molecule has 1 aromatic carbocycles. The van der Waals surface area contributed by atoms with Gasteiger partial charge in [-0.25, -0.2) is 0 Å². The highest BCUT2D eigenvalue weighted by Crippen LogP contribution is 2.18. The molecule has 0 aliphatic heterocycles. The van der Waals surface area contributed by atoms with E-state index in [9.17, 15) is 0 Å². The van der Waals surface area contributed by atoms with Crippen LogP contribution in [0.1, 0.15) is 11.1 Å². The quantitative estimate of drug-likeness (QED) is 0.717. The Balaban J connectivity index is 1.53. The standard InChI is InChI=1S/C14H16N6O/c1-10-3-4-12(11(2)9-10)21-8-7-15-13-5-6-14-16-18-19-20(14)17-13/h3-6,9H,7-8H2,1-2H3,(H,15,17). The molecule has 108 valence electrons. The van der Waals surface area contributed by atoms with Gasteiger partial charge in [-0.15, -0.1) is 14.8 Å². The zero-order valence-corrected chi connectivity index (χ0v) is 11.9. The molecule has 0 aliphatic rings. The summed E-state index contributed by atoms with van der Waals surface area (Å²) in [5.74, 6) is 1.62. The summed E-state index contributed by atoms with van der Waals surface area (Å²) < 4.78 is 7.13. The van der Waals surface area contributed by atoms with Gasteiger partial charge in [0.25, 0.3) is 0 Å². The molecule has 21 heavy (non-hydrogen) atoms. The van der Waals surface area contributed by atoms with E-state index in [1.807, 2.05) is 25.1 Å². The van der Waals surface area contributed by atoms with Crippen LogP contribution in [0.25, 0.3) is 5.65 Å². The molecule has 0 bridgehead atoms. The van der Waals surface area contributed by atoms with Gasteiger partial charge in [-0.3, -0.25) is 0 Å². The summed E-state index contributed by atoms with van der Waals surface area (Å²) in [5, 5.41) is 18.5. The van der Waals surface area contributed by atoms with Crippen LogP contribution in [-0.4, -0.2) is 38.4 Å². The molecule has 7 nitrogen and oxygen atoms in total. The summed E-state index contributed by atoms with van der Waals surface area (Å²) >= 11 is 0. The molecule has 0 radical (unpaired) electrons. The molecule has 0 spiro atoms. The Bertz CT molecular complexity index is 754. The van der Waals surface area contributed by atoms with Crippen LogP contribution in [0, 0.1) is 13.8 Å². The van der Waals surface area contributed by atoms with Crippen molar-refractivity contribution in [2.24, 2.45) is 0 Å². The maximum absolute atomic E-state index is 5.75. The molecule has 0 amide bonds. The van der Waals surface area contributed by atoms with Gasteiger partial charge in [0.1, 0.15) is 18.2 Å². The number of ether oxygens (including phenoxy) is 1. The predicted molar refractivity (Wildman–Crippen MR) is 78.5 cm³/mol. The van der Waals surface area contributed by atoms with E-state index in [-0.39, 0.29) is 0 Å². The molecule has 0 saturated carbocycles. The van der Waals surface area contributed by atoms with Crippen molar-refractivity contribution in [2.45, 2.75) is 13.8 Å². The Kier molecular flexibility index (Phi) is 3.63. The Hall–Kier alpha value is -2.70. The largest absolute Gasteiger partial charge is 0.491 e. The maximum atomic E-state index is 5.75. The Morgan fingerprint density at radius 2 is 2.10 bits per heavy atom. The molecule has 0 atom stereocenters. The number of rotatable bonds is 5. The van der Waals surface area contributed by atoms with Gasteiger partial charge in [0.05, 0.1) is 6.54 Å². The van der Waals surface area contributed by atoms with Gasteiger partial charge in [-0.2, -0.15) is 0 Å². The molecule has 2 heterocycles. The normalized spacial score (nSPS) is 10.8. The van der Waals surface area contributed by atoms with E-state index in [0.29, 0.717) is 24.6 Å². The van der Waals surface area contributed by atoms with Crippen molar-refractivity contribution < 1.29 is 4.74 Å². The average Bonchev–Trinajstić information content (AvgIpc) is 2.93. The molecule has 7 heteroatoms. The monoisotopic (exact) mass is 284 g/mol. The van der Waals surface area contributed by atoms with Crippen LogP contribution in [-0.2, 0) is 0 Å². The molecule has 3 rings (SSSR count). The van der Waals surface area contributed by atoms with Crippen molar-refractivity contribution in [3.8, 4) is 5.75 Å². The van der Waals surface area contributed by atoms with Gasteiger partial charge in [-0.05, 0) is 48.0 Å². The van der Waals surface area contributed by atoms with Crippen molar-refractivity contribution in [1.29, 1.82) is 0 Å². The Labute approximate surface area is 121 Å². The lowest BCUT2D eigenvalue weighted by atomic mass is 10.1. The molecule has 3 aromatic rings. The zero-order valence-electron chi connectivity index (χ0n) is 11.9. The highest BCUT2D eigenvalue weighted by Gasteiger charge is 2.01.